The van der Waals surface area contributed by atoms with Crippen LogP contribution in [-0.2, 0) is 0 Å². The topological polar surface area (TPSA) is 29.5 Å². The molecule has 3 aromatic rings. The third-order valence-corrected chi connectivity index (χ3v) is 6.49. The fourth-order valence-electron chi connectivity index (χ4n) is 3.28. The first-order chi connectivity index (χ1) is 12.7. The first-order valence-corrected chi connectivity index (χ1v) is 10.3. The van der Waals surface area contributed by atoms with E-state index in [1.165, 1.54) is 0 Å². The van der Waals surface area contributed by atoms with Crippen molar-refractivity contribution in [1.29, 1.82) is 0 Å². The number of ether oxygens (including phenoxy) is 1. The predicted molar refractivity (Wildman–Crippen MR) is 111 cm³/mol. The number of benzene rings is 3. The van der Waals surface area contributed by atoms with Gasteiger partial charge in [-0.05, 0) is 56.5 Å². The van der Waals surface area contributed by atoms with Crippen LogP contribution in [0, 0.1) is 0 Å². The molecule has 3 nitrogen and oxygen atoms in total. The Bertz CT molecular complexity index is 975. The maximum atomic E-state index is 13.2. The van der Waals surface area contributed by atoms with Gasteiger partial charge in [-0.2, -0.15) is 0 Å². The van der Waals surface area contributed by atoms with Crippen molar-refractivity contribution in [3.8, 4) is 5.75 Å². The Balaban J connectivity index is 1.64. The zero-order valence-electron chi connectivity index (χ0n) is 14.3. The molecule has 132 valence electrons. The minimum atomic E-state index is 0.0242. The Morgan fingerprint density at radius 3 is 2.69 bits per heavy atom. The van der Waals surface area contributed by atoms with Crippen molar-refractivity contribution in [3.05, 3.63) is 76.3 Å². The molecule has 1 aliphatic heterocycles. The first-order valence-electron chi connectivity index (χ1n) is 8.42. The molecule has 0 saturated carbocycles. The summed E-state index contributed by atoms with van der Waals surface area (Å²) in [5.41, 5.74) is 1.85. The zero-order chi connectivity index (χ0) is 18.1. The zero-order valence-corrected chi connectivity index (χ0v) is 16.7. The van der Waals surface area contributed by atoms with Crippen molar-refractivity contribution >= 4 is 44.4 Å². The number of halogens is 1. The van der Waals surface area contributed by atoms with Crippen LogP contribution in [0.4, 0.5) is 0 Å². The molecule has 5 heteroatoms. The number of hydrogen-bond donors (Lipinski definition) is 0. The van der Waals surface area contributed by atoms with Gasteiger partial charge in [0, 0.05) is 17.9 Å². The average molecular weight is 428 g/mol. The highest BCUT2D eigenvalue weighted by Gasteiger charge is 2.31. The van der Waals surface area contributed by atoms with Gasteiger partial charge in [-0.3, -0.25) is 4.79 Å². The number of methoxy groups -OCH3 is 1. The number of fused-ring (bicyclic) bond motifs is 1. The lowest BCUT2D eigenvalue weighted by atomic mass is 10.1. The van der Waals surface area contributed by atoms with Crippen molar-refractivity contribution in [3.63, 3.8) is 0 Å². The molecule has 4 rings (SSSR count). The summed E-state index contributed by atoms with van der Waals surface area (Å²) in [5, 5.41) is 2.26. The van der Waals surface area contributed by atoms with Gasteiger partial charge in [0.05, 0.1) is 11.6 Å². The Morgan fingerprint density at radius 2 is 1.92 bits per heavy atom. The number of thioether (sulfide) groups is 1. The second-order valence-electron chi connectivity index (χ2n) is 6.18. The fraction of sp³-hybridized carbons (Fsp3) is 0.190. The lowest BCUT2D eigenvalue weighted by Crippen LogP contribution is -2.30. The first kappa shape index (κ1) is 17.4. The second-order valence-corrected chi connectivity index (χ2v) is 8.22. The minimum Gasteiger partial charge on any atom is -0.496 e. The van der Waals surface area contributed by atoms with E-state index >= 15 is 0 Å². The molecule has 1 amide bonds. The van der Waals surface area contributed by atoms with Crippen molar-refractivity contribution in [2.24, 2.45) is 0 Å². The van der Waals surface area contributed by atoms with Crippen LogP contribution in [0.25, 0.3) is 10.8 Å². The molecular formula is C21H18BrNO2S. The van der Waals surface area contributed by atoms with Crippen molar-refractivity contribution in [1.82, 2.24) is 4.90 Å². The van der Waals surface area contributed by atoms with Crippen LogP contribution in [0.5, 0.6) is 5.75 Å². The van der Waals surface area contributed by atoms with Gasteiger partial charge in [0.15, 0.2) is 0 Å². The Hall–Kier alpha value is -1.98. The Morgan fingerprint density at radius 1 is 1.12 bits per heavy atom. The standard InChI is InChI=1S/C21H18BrNO2S/c1-25-19-9-8-17(13-18(19)22)21-23(10-11-26-21)20(24)16-7-6-14-4-2-3-5-15(14)12-16/h2-9,12-13,21H,10-11H2,1H3. The van der Waals surface area contributed by atoms with Gasteiger partial charge in [0.2, 0.25) is 0 Å². The van der Waals surface area contributed by atoms with E-state index in [0.717, 1.165) is 44.4 Å². The highest BCUT2D eigenvalue weighted by Crippen LogP contribution is 2.41. The second kappa shape index (κ2) is 7.33. The molecule has 1 unspecified atom stereocenters. The van der Waals surface area contributed by atoms with E-state index in [1.54, 1.807) is 18.9 Å². The van der Waals surface area contributed by atoms with Gasteiger partial charge in [0.1, 0.15) is 11.1 Å². The average Bonchev–Trinajstić information content (AvgIpc) is 3.16. The van der Waals surface area contributed by atoms with Crippen LogP contribution in [0.3, 0.4) is 0 Å². The minimum absolute atomic E-state index is 0.0242. The summed E-state index contributed by atoms with van der Waals surface area (Å²) in [5.74, 6) is 1.81. The molecule has 1 atom stereocenters. The molecular weight excluding hydrogens is 410 g/mol. The van der Waals surface area contributed by atoms with E-state index in [9.17, 15) is 4.79 Å². The van der Waals surface area contributed by atoms with E-state index in [4.69, 9.17) is 4.74 Å². The van der Waals surface area contributed by atoms with Gasteiger partial charge < -0.3 is 9.64 Å². The van der Waals surface area contributed by atoms with E-state index in [2.05, 4.69) is 22.0 Å². The SMILES string of the molecule is COc1ccc(C2SCCN2C(=O)c2ccc3ccccc3c2)cc1Br. The smallest absolute Gasteiger partial charge is 0.255 e. The van der Waals surface area contributed by atoms with Crippen molar-refractivity contribution < 1.29 is 9.53 Å². The normalized spacial score (nSPS) is 16.8. The van der Waals surface area contributed by atoms with E-state index in [-0.39, 0.29) is 11.3 Å². The van der Waals surface area contributed by atoms with E-state index in [0.29, 0.717) is 0 Å². The number of carbonyl (C=O) groups excluding carboxylic acids is 1. The third-order valence-electron chi connectivity index (χ3n) is 4.61. The predicted octanol–water partition coefficient (Wildman–Crippen LogP) is 5.50. The molecule has 0 aliphatic carbocycles. The Kier molecular flexibility index (Phi) is 4.92. The number of amides is 1. The summed E-state index contributed by atoms with van der Waals surface area (Å²) in [4.78, 5) is 15.1. The third kappa shape index (κ3) is 3.21. The quantitative estimate of drug-likeness (QED) is 0.552. The van der Waals surface area contributed by atoms with Crippen LogP contribution >= 0.6 is 27.7 Å². The molecule has 1 heterocycles. The Labute approximate surface area is 165 Å². The van der Waals surface area contributed by atoms with Gasteiger partial charge >= 0.3 is 0 Å². The molecule has 3 aromatic carbocycles. The van der Waals surface area contributed by atoms with Crippen LogP contribution in [0.1, 0.15) is 21.3 Å². The molecule has 0 bridgehead atoms. The lowest BCUT2D eigenvalue weighted by molar-refractivity contribution is 0.0760. The largest absolute Gasteiger partial charge is 0.496 e. The molecule has 1 aliphatic rings. The van der Waals surface area contributed by atoms with Crippen LogP contribution in [0.2, 0.25) is 0 Å². The molecule has 0 radical (unpaired) electrons. The number of rotatable bonds is 3. The molecule has 26 heavy (non-hydrogen) atoms. The number of hydrogen-bond acceptors (Lipinski definition) is 3. The summed E-state index contributed by atoms with van der Waals surface area (Å²) in [6.45, 7) is 0.755. The molecule has 1 fully saturated rings. The summed E-state index contributed by atoms with van der Waals surface area (Å²) in [6, 6.07) is 20.1. The number of nitrogens with zero attached hydrogens (tertiary/aromatic N) is 1. The van der Waals surface area contributed by atoms with Crippen LogP contribution in [0.15, 0.2) is 65.1 Å². The van der Waals surface area contributed by atoms with Crippen LogP contribution in [-0.4, -0.2) is 30.2 Å². The van der Waals surface area contributed by atoms with Gasteiger partial charge in [-0.1, -0.05) is 36.4 Å². The van der Waals surface area contributed by atoms with Gasteiger partial charge in [-0.25, -0.2) is 0 Å². The van der Waals surface area contributed by atoms with Crippen LogP contribution < -0.4 is 4.74 Å². The summed E-state index contributed by atoms with van der Waals surface area (Å²) >= 11 is 5.34. The molecule has 0 aromatic heterocycles. The maximum absolute atomic E-state index is 13.2. The monoisotopic (exact) mass is 427 g/mol. The van der Waals surface area contributed by atoms with E-state index < -0.39 is 0 Å². The summed E-state index contributed by atoms with van der Waals surface area (Å²) < 4.78 is 6.22. The van der Waals surface area contributed by atoms with Crippen molar-refractivity contribution in [2.45, 2.75) is 5.37 Å². The molecule has 0 N–H and O–H groups in total. The summed E-state index contributed by atoms with van der Waals surface area (Å²) in [7, 11) is 1.65. The van der Waals surface area contributed by atoms with Gasteiger partial charge in [0.25, 0.3) is 5.91 Å². The van der Waals surface area contributed by atoms with Gasteiger partial charge in [-0.15, -0.1) is 11.8 Å². The summed E-state index contributed by atoms with van der Waals surface area (Å²) in [6.07, 6.45) is 0. The number of carbonyl (C=O) groups is 1. The fourth-order valence-corrected chi connectivity index (χ4v) is 5.08. The van der Waals surface area contributed by atoms with E-state index in [1.807, 2.05) is 59.5 Å². The maximum Gasteiger partial charge on any atom is 0.255 e. The molecule has 1 saturated heterocycles. The highest BCUT2D eigenvalue weighted by atomic mass is 79.9. The highest BCUT2D eigenvalue weighted by molar-refractivity contribution is 9.10. The molecule has 0 spiro atoms. The van der Waals surface area contributed by atoms with Crippen molar-refractivity contribution in [2.75, 3.05) is 19.4 Å². The lowest BCUT2D eigenvalue weighted by Gasteiger charge is -2.25.